The molecule has 0 saturated heterocycles. The lowest BCUT2D eigenvalue weighted by Crippen LogP contribution is -2.10. The molecule has 12 rings (SSSR count). The van der Waals surface area contributed by atoms with E-state index in [9.17, 15) is 0 Å². The van der Waals surface area contributed by atoms with E-state index in [0.29, 0.717) is 0 Å². The van der Waals surface area contributed by atoms with Crippen molar-refractivity contribution < 1.29 is 0 Å². The van der Waals surface area contributed by atoms with Crippen LogP contribution in [0.1, 0.15) is 0 Å². The molecule has 1 heterocycles. The van der Waals surface area contributed by atoms with Crippen molar-refractivity contribution >= 4 is 82.0 Å². The number of hydrogen-bond donors (Lipinski definition) is 0. The summed E-state index contributed by atoms with van der Waals surface area (Å²) in [5, 5.41) is 12.5. The smallest absolute Gasteiger partial charge is 0.0547 e. The molecule has 2 heteroatoms. The minimum atomic E-state index is 1.10. The van der Waals surface area contributed by atoms with Crippen molar-refractivity contribution in [1.29, 1.82) is 0 Å². The lowest BCUT2D eigenvalue weighted by Gasteiger charge is -2.27. The van der Waals surface area contributed by atoms with Gasteiger partial charge in [0.05, 0.1) is 16.7 Å². The molecular weight excluding hydrogens is 725 g/mol. The molecule has 0 aliphatic rings. The van der Waals surface area contributed by atoms with Gasteiger partial charge in [0.2, 0.25) is 0 Å². The minimum absolute atomic E-state index is 1.10. The third-order valence-electron chi connectivity index (χ3n) is 12.3. The molecule has 2 nitrogen and oxygen atoms in total. The van der Waals surface area contributed by atoms with Crippen molar-refractivity contribution in [2.24, 2.45) is 0 Å². The average molecular weight is 763 g/mol. The van der Waals surface area contributed by atoms with Gasteiger partial charge in [-0.1, -0.05) is 164 Å². The van der Waals surface area contributed by atoms with Crippen LogP contribution in [0.4, 0.5) is 17.1 Å². The number of para-hydroxylation sites is 1. The van der Waals surface area contributed by atoms with E-state index in [0.717, 1.165) is 22.7 Å². The van der Waals surface area contributed by atoms with E-state index in [-0.39, 0.29) is 0 Å². The number of fused-ring (bicyclic) bond motifs is 8. The molecule has 60 heavy (non-hydrogen) atoms. The highest BCUT2D eigenvalue weighted by atomic mass is 15.1. The van der Waals surface area contributed by atoms with Crippen LogP contribution in [-0.2, 0) is 0 Å². The highest BCUT2D eigenvalue weighted by molar-refractivity contribution is 6.19. The second kappa shape index (κ2) is 13.9. The van der Waals surface area contributed by atoms with E-state index < -0.39 is 0 Å². The second-order valence-corrected chi connectivity index (χ2v) is 15.7. The summed E-state index contributed by atoms with van der Waals surface area (Å²) in [6.45, 7) is 0. The van der Waals surface area contributed by atoms with E-state index in [2.05, 4.69) is 240 Å². The van der Waals surface area contributed by atoms with Crippen LogP contribution < -0.4 is 4.90 Å². The van der Waals surface area contributed by atoms with Gasteiger partial charge in [-0.2, -0.15) is 0 Å². The normalized spacial score (nSPS) is 11.7. The van der Waals surface area contributed by atoms with Crippen LogP contribution in [0.25, 0.3) is 92.8 Å². The first kappa shape index (κ1) is 34.1. The molecule has 0 bridgehead atoms. The average Bonchev–Trinajstić information content (AvgIpc) is 3.64. The number of anilines is 3. The third-order valence-corrected chi connectivity index (χ3v) is 12.3. The Morgan fingerprint density at radius 3 is 1.77 bits per heavy atom. The van der Waals surface area contributed by atoms with Crippen LogP contribution in [0.3, 0.4) is 0 Å². The molecule has 1 aromatic heterocycles. The van der Waals surface area contributed by atoms with Gasteiger partial charge in [0, 0.05) is 33.2 Å². The number of benzene rings is 11. The molecule has 0 radical (unpaired) electrons. The Kier molecular flexibility index (Phi) is 7.89. The zero-order valence-corrected chi connectivity index (χ0v) is 32.8. The van der Waals surface area contributed by atoms with Gasteiger partial charge in [-0.15, -0.1) is 0 Å². The van der Waals surface area contributed by atoms with E-state index in [1.54, 1.807) is 0 Å². The quantitative estimate of drug-likeness (QED) is 0.153. The molecule has 0 N–H and O–H groups in total. The van der Waals surface area contributed by atoms with Crippen molar-refractivity contribution in [2.45, 2.75) is 0 Å². The predicted octanol–water partition coefficient (Wildman–Crippen LogP) is 16.2. The highest BCUT2D eigenvalue weighted by Crippen LogP contribution is 2.44. The van der Waals surface area contributed by atoms with Gasteiger partial charge in [-0.3, -0.25) is 0 Å². The molecule has 0 fully saturated rings. The van der Waals surface area contributed by atoms with Gasteiger partial charge in [0.15, 0.2) is 0 Å². The van der Waals surface area contributed by atoms with Crippen molar-refractivity contribution in [2.75, 3.05) is 4.90 Å². The second-order valence-electron chi connectivity index (χ2n) is 15.7. The molecular formula is C58H38N2. The molecule has 0 saturated carbocycles. The zero-order valence-electron chi connectivity index (χ0n) is 32.8. The lowest BCUT2D eigenvalue weighted by atomic mass is 9.96. The summed E-state index contributed by atoms with van der Waals surface area (Å²) in [7, 11) is 0. The number of aromatic nitrogens is 1. The van der Waals surface area contributed by atoms with Crippen LogP contribution in [0.15, 0.2) is 231 Å². The van der Waals surface area contributed by atoms with Gasteiger partial charge in [-0.05, 0) is 127 Å². The third kappa shape index (κ3) is 5.57. The minimum Gasteiger partial charge on any atom is -0.310 e. The van der Waals surface area contributed by atoms with Crippen LogP contribution in [0.2, 0.25) is 0 Å². The summed E-state index contributed by atoms with van der Waals surface area (Å²) < 4.78 is 2.42. The fourth-order valence-corrected chi connectivity index (χ4v) is 9.49. The fourth-order valence-electron chi connectivity index (χ4n) is 9.49. The van der Waals surface area contributed by atoms with Gasteiger partial charge >= 0.3 is 0 Å². The van der Waals surface area contributed by atoms with Crippen molar-refractivity contribution in [3.05, 3.63) is 231 Å². The maximum absolute atomic E-state index is 2.42. The van der Waals surface area contributed by atoms with E-state index in [1.165, 1.54) is 87.1 Å². The number of rotatable bonds is 6. The summed E-state index contributed by atoms with van der Waals surface area (Å²) in [6.07, 6.45) is 0. The van der Waals surface area contributed by atoms with Gasteiger partial charge in [0.1, 0.15) is 0 Å². The summed E-state index contributed by atoms with van der Waals surface area (Å²) in [6, 6.07) is 84.3. The Bertz CT molecular complexity index is 3590. The van der Waals surface area contributed by atoms with Crippen molar-refractivity contribution in [1.82, 2.24) is 4.57 Å². The monoisotopic (exact) mass is 762 g/mol. The Morgan fingerprint density at radius 1 is 0.300 bits per heavy atom. The van der Waals surface area contributed by atoms with E-state index >= 15 is 0 Å². The van der Waals surface area contributed by atoms with Crippen molar-refractivity contribution in [3.63, 3.8) is 0 Å². The summed E-state index contributed by atoms with van der Waals surface area (Å²) in [5.74, 6) is 0. The first-order valence-electron chi connectivity index (χ1n) is 20.7. The molecule has 0 aliphatic carbocycles. The summed E-state index contributed by atoms with van der Waals surface area (Å²) >= 11 is 0. The molecule has 0 unspecified atom stereocenters. The molecule has 0 atom stereocenters. The summed E-state index contributed by atoms with van der Waals surface area (Å²) in [4.78, 5) is 2.42. The van der Waals surface area contributed by atoms with Crippen LogP contribution in [0, 0.1) is 0 Å². The molecule has 280 valence electrons. The van der Waals surface area contributed by atoms with Crippen LogP contribution >= 0.6 is 0 Å². The zero-order chi connectivity index (χ0) is 39.6. The maximum Gasteiger partial charge on any atom is 0.0547 e. The standard InChI is InChI=1S/C58H38N2/c1-2-19-47(20-3-1)60-56-26-12-24-53(58(56)54-37-42-15-4-5-16-43(42)38-57(54)60)45-18-10-21-49(36-45)59(55-25-11-17-40-13-7-9-23-52(40)55)48-32-29-39(30-33-48)44-31-34-51-46(35-44)28-27-41-14-6-8-22-50(41)51/h1-38H. The van der Waals surface area contributed by atoms with E-state index in [1.807, 2.05) is 0 Å². The largest absolute Gasteiger partial charge is 0.310 e. The Balaban J connectivity index is 1.02. The van der Waals surface area contributed by atoms with Crippen molar-refractivity contribution in [3.8, 4) is 27.9 Å². The Morgan fingerprint density at radius 2 is 0.933 bits per heavy atom. The molecule has 11 aromatic carbocycles. The Hall–Kier alpha value is -7.94. The topological polar surface area (TPSA) is 8.17 Å². The van der Waals surface area contributed by atoms with E-state index in [4.69, 9.17) is 0 Å². The van der Waals surface area contributed by atoms with Crippen LogP contribution in [-0.4, -0.2) is 4.57 Å². The first-order chi connectivity index (χ1) is 29.7. The molecule has 0 spiro atoms. The number of nitrogens with zero attached hydrogens (tertiary/aromatic N) is 2. The number of hydrogen-bond acceptors (Lipinski definition) is 1. The summed E-state index contributed by atoms with van der Waals surface area (Å²) in [5.41, 5.74) is 11.7. The van der Waals surface area contributed by atoms with Gasteiger partial charge in [0.25, 0.3) is 0 Å². The highest BCUT2D eigenvalue weighted by Gasteiger charge is 2.20. The molecule has 12 aromatic rings. The predicted molar refractivity (Wildman–Crippen MR) is 256 cm³/mol. The SMILES string of the molecule is c1ccc(-n2c3cc4ccccc4cc3c3c(-c4cccc(N(c5ccc(-c6ccc7c(ccc8ccccc87)c6)cc5)c5cccc6ccccc56)c4)cccc32)cc1. The first-order valence-corrected chi connectivity index (χ1v) is 20.7. The van der Waals surface area contributed by atoms with Gasteiger partial charge in [-0.25, -0.2) is 0 Å². The maximum atomic E-state index is 2.42. The lowest BCUT2D eigenvalue weighted by molar-refractivity contribution is 1.18. The fraction of sp³-hybridized carbons (Fsp3) is 0. The van der Waals surface area contributed by atoms with Gasteiger partial charge < -0.3 is 9.47 Å². The Labute approximate surface area is 348 Å². The molecule has 0 aliphatic heterocycles. The van der Waals surface area contributed by atoms with Crippen LogP contribution in [0.5, 0.6) is 0 Å². The molecule has 0 amide bonds.